The van der Waals surface area contributed by atoms with E-state index in [1.807, 2.05) is 12.5 Å². The summed E-state index contributed by atoms with van der Waals surface area (Å²) in [6.07, 6.45) is 3.74. The van der Waals surface area contributed by atoms with Gasteiger partial charge in [-0.25, -0.2) is 0 Å². The van der Waals surface area contributed by atoms with Gasteiger partial charge < -0.3 is 17.3 Å². The number of carboxylic acid groups (broad SMARTS) is 1. The molecule has 0 saturated heterocycles. The van der Waals surface area contributed by atoms with Gasteiger partial charge in [0.1, 0.15) is 5.75 Å². The Balaban J connectivity index is -0.000000180. The molecule has 0 amide bonds. The minimum Gasteiger partial charge on any atom is -0.545 e. The van der Waals surface area contributed by atoms with Crippen LogP contribution in [0.2, 0.25) is 0 Å². The number of aliphatic carboxylic acids is 1. The number of hydrogen-bond donors (Lipinski definition) is 0. The molecule has 0 fully saturated rings. The third kappa shape index (κ3) is 17.7. The van der Waals surface area contributed by atoms with E-state index in [1.54, 1.807) is 0 Å². The number of carboxylic acids is 1. The van der Waals surface area contributed by atoms with Crippen molar-refractivity contribution >= 4 is 39.9 Å². The van der Waals surface area contributed by atoms with Crippen molar-refractivity contribution in [1.29, 1.82) is 0 Å². The van der Waals surface area contributed by atoms with Gasteiger partial charge in [-0.05, 0) is 10.9 Å². The van der Waals surface area contributed by atoms with Gasteiger partial charge in [0.15, 0.2) is 0 Å². The predicted molar refractivity (Wildman–Crippen MR) is 41.3 cm³/mol. The van der Waals surface area contributed by atoms with Crippen molar-refractivity contribution in [2.24, 2.45) is 0 Å². The van der Waals surface area contributed by atoms with Gasteiger partial charge in [-0.2, -0.15) is 0 Å². The molecule has 0 radical (unpaired) electrons. The van der Waals surface area contributed by atoms with Crippen LogP contribution in [0.5, 0.6) is 0 Å². The van der Waals surface area contributed by atoms with Crippen molar-refractivity contribution in [1.82, 2.24) is 0 Å². The van der Waals surface area contributed by atoms with Crippen LogP contribution in [0.3, 0.4) is 0 Å². The second-order valence-electron chi connectivity index (χ2n) is 1.50. The van der Waals surface area contributed by atoms with Crippen LogP contribution >= 0.6 is 0 Å². The van der Waals surface area contributed by atoms with Gasteiger partial charge in [0, 0.05) is 0 Å². The molecule has 0 spiro atoms. The molecule has 0 aromatic rings. The number of rotatable bonds is 2. The Labute approximate surface area is 75.5 Å². The van der Waals surface area contributed by atoms with Crippen molar-refractivity contribution < 1.29 is 9.90 Å². The van der Waals surface area contributed by atoms with Crippen LogP contribution in [0, 0.1) is 7.43 Å². The van der Waals surface area contributed by atoms with E-state index >= 15 is 0 Å². The van der Waals surface area contributed by atoms with E-state index in [4.69, 9.17) is 0 Å². The molecule has 9 heavy (non-hydrogen) atoms. The van der Waals surface area contributed by atoms with Gasteiger partial charge in [0.2, 0.25) is 0 Å². The van der Waals surface area contributed by atoms with Gasteiger partial charge in [0.05, 0.1) is 18.5 Å². The number of hydrogen-bond acceptors (Lipinski definition) is 2. The van der Waals surface area contributed by atoms with Crippen molar-refractivity contribution in [3.05, 3.63) is 7.43 Å². The van der Waals surface area contributed by atoms with Crippen LogP contribution in [0.1, 0.15) is 0 Å². The third-order valence-corrected chi connectivity index (χ3v) is 1.22. The fourth-order valence-corrected chi connectivity index (χ4v) is 0.707. The molecule has 0 unspecified atom stereocenters. The van der Waals surface area contributed by atoms with E-state index in [9.17, 15) is 9.90 Å². The Hall–Kier alpha value is 0.586. The van der Waals surface area contributed by atoms with Crippen LogP contribution in [-0.2, 0) is 15.7 Å². The quantitative estimate of drug-likeness (QED) is 0.285. The minimum absolute atomic E-state index is 0. The Kier molecular flexibility index (Phi) is 15.5. The van der Waals surface area contributed by atoms with Gasteiger partial charge in [-0.15, -0.1) is 0 Å². The van der Waals surface area contributed by atoms with E-state index in [-0.39, 0.29) is 47.1 Å². The minimum atomic E-state index is -0.951. The van der Waals surface area contributed by atoms with E-state index in [0.717, 1.165) is 0 Å². The zero-order valence-electron chi connectivity index (χ0n) is 6.14. The molecule has 2 nitrogen and oxygen atoms in total. The topological polar surface area (TPSA) is 40.1 Å². The first-order valence-corrected chi connectivity index (χ1v) is 4.08. The van der Waals surface area contributed by atoms with Gasteiger partial charge in [-0.3, -0.25) is 0 Å². The summed E-state index contributed by atoms with van der Waals surface area (Å²) in [7, 11) is -0.00772. The predicted octanol–water partition coefficient (Wildman–Crippen LogP) is -1.32. The van der Waals surface area contributed by atoms with Gasteiger partial charge >= 0.3 is 23.1 Å². The first-order valence-electron chi connectivity index (χ1n) is 1.87. The van der Waals surface area contributed by atoms with Crippen LogP contribution in [0.25, 0.3) is 0 Å². The molecule has 0 aromatic carbocycles. The van der Waals surface area contributed by atoms with Crippen LogP contribution < -0.4 is 5.11 Å². The van der Waals surface area contributed by atoms with E-state index in [2.05, 4.69) is 0 Å². The summed E-state index contributed by atoms with van der Waals surface area (Å²) in [4.78, 5) is 9.71. The first-order chi connectivity index (χ1) is 3.13. The molecule has 0 N–H and O–H groups in total. The molecular formula is C5H11MgO2S+. The second kappa shape index (κ2) is 8.59. The summed E-state index contributed by atoms with van der Waals surface area (Å²) in [5, 5.41) is 9.71. The average Bonchev–Trinajstić information content (AvgIpc) is 1.27. The molecule has 0 aliphatic heterocycles. The van der Waals surface area contributed by atoms with Crippen molar-refractivity contribution in [2.45, 2.75) is 0 Å². The Morgan fingerprint density at radius 2 is 1.89 bits per heavy atom. The maximum atomic E-state index is 9.71. The van der Waals surface area contributed by atoms with Crippen molar-refractivity contribution in [3.8, 4) is 0 Å². The summed E-state index contributed by atoms with van der Waals surface area (Å²) >= 11 is 0. The maximum absolute atomic E-state index is 9.71. The average molecular weight is 160 g/mol. The normalized spacial score (nSPS) is 7.44. The summed E-state index contributed by atoms with van der Waals surface area (Å²) < 4.78 is 0. The molecular weight excluding hydrogens is 148 g/mol. The Bertz CT molecular complexity index is 75.4. The van der Waals surface area contributed by atoms with Crippen molar-refractivity contribution in [3.63, 3.8) is 0 Å². The summed E-state index contributed by atoms with van der Waals surface area (Å²) in [6.45, 7) is 0. The van der Waals surface area contributed by atoms with Crippen LogP contribution in [0.15, 0.2) is 0 Å². The molecule has 4 heteroatoms. The molecule has 0 aliphatic carbocycles. The molecule has 0 aromatic heterocycles. The van der Waals surface area contributed by atoms with E-state index in [0.29, 0.717) is 0 Å². The molecule has 0 aliphatic rings. The summed E-state index contributed by atoms with van der Waals surface area (Å²) in [6, 6.07) is 0. The number of carbonyl (C=O) groups is 1. The largest absolute Gasteiger partial charge is 2.00 e. The maximum Gasteiger partial charge on any atom is 2.00 e. The fraction of sp³-hybridized carbons (Fsp3) is 0.600. The molecule has 0 bridgehead atoms. The summed E-state index contributed by atoms with van der Waals surface area (Å²) in [5.74, 6) is -0.756. The third-order valence-electron chi connectivity index (χ3n) is 0.407. The van der Waals surface area contributed by atoms with Gasteiger partial charge in [-0.1, -0.05) is 0 Å². The molecule has 0 atom stereocenters. The molecule has 0 rings (SSSR count). The standard InChI is InChI=1S/C4H8O2S.CH3.Mg/c1-7(2)3-4(5)6;;/h3H2,1-2H3;1H3;/q;-1;+2. The van der Waals surface area contributed by atoms with E-state index in [1.165, 1.54) is 0 Å². The van der Waals surface area contributed by atoms with Gasteiger partial charge in [0.25, 0.3) is 0 Å². The van der Waals surface area contributed by atoms with Crippen LogP contribution in [0.4, 0.5) is 0 Å². The Morgan fingerprint density at radius 3 is 1.89 bits per heavy atom. The first kappa shape index (κ1) is 16.3. The number of carbonyl (C=O) groups excluding carboxylic acids is 1. The van der Waals surface area contributed by atoms with E-state index < -0.39 is 5.97 Å². The molecule has 0 heterocycles. The Morgan fingerprint density at radius 1 is 1.56 bits per heavy atom. The molecule has 50 valence electrons. The zero-order valence-corrected chi connectivity index (χ0v) is 8.37. The summed E-state index contributed by atoms with van der Waals surface area (Å²) in [5.41, 5.74) is 0. The van der Waals surface area contributed by atoms with Crippen LogP contribution in [-0.4, -0.2) is 47.3 Å². The molecule has 0 saturated carbocycles. The fourth-order valence-electron chi connectivity index (χ4n) is 0.236. The second-order valence-corrected chi connectivity index (χ2v) is 3.76. The SMILES string of the molecule is C[S+](C)CC(=O)[O-].[CH3-].[Mg+2]. The monoisotopic (exact) mass is 159 g/mol. The smallest absolute Gasteiger partial charge is 0.545 e. The van der Waals surface area contributed by atoms with Crippen molar-refractivity contribution in [2.75, 3.05) is 18.3 Å². The zero-order chi connectivity index (χ0) is 5.86.